The van der Waals surface area contributed by atoms with Crippen LogP contribution >= 0.6 is 0 Å². The van der Waals surface area contributed by atoms with Crippen LogP contribution in [0.3, 0.4) is 0 Å². The standard InChI is InChI=1S/C19H20/c1-2-18-17-10-6-5-9-16(17)13-19(18)11-14-7-3-4-8-15(14)12-19/h3-10,18H,2,11-13H2,1H3. The number of rotatable bonds is 1. The lowest BCUT2D eigenvalue weighted by Gasteiger charge is -2.31. The van der Waals surface area contributed by atoms with E-state index in [4.69, 9.17) is 0 Å². The van der Waals surface area contributed by atoms with E-state index in [1.165, 1.54) is 25.7 Å². The molecule has 1 unspecified atom stereocenters. The fraction of sp³-hybridized carbons (Fsp3) is 0.368. The first kappa shape index (κ1) is 11.3. The minimum atomic E-state index is 0.474. The van der Waals surface area contributed by atoms with E-state index in [1.807, 2.05) is 0 Å². The summed E-state index contributed by atoms with van der Waals surface area (Å²) in [6, 6.07) is 18.2. The van der Waals surface area contributed by atoms with Gasteiger partial charge in [0.2, 0.25) is 0 Å². The summed E-state index contributed by atoms with van der Waals surface area (Å²) in [5.74, 6) is 0.746. The van der Waals surface area contributed by atoms with Crippen LogP contribution in [0.15, 0.2) is 48.5 Å². The maximum absolute atomic E-state index is 2.36. The highest BCUT2D eigenvalue weighted by atomic mass is 14.5. The van der Waals surface area contributed by atoms with Gasteiger partial charge in [0.25, 0.3) is 0 Å². The van der Waals surface area contributed by atoms with Gasteiger partial charge in [0.05, 0.1) is 0 Å². The third-order valence-electron chi connectivity index (χ3n) is 5.32. The molecule has 0 saturated carbocycles. The predicted molar refractivity (Wildman–Crippen MR) is 79.5 cm³/mol. The first-order chi connectivity index (χ1) is 9.32. The molecular weight excluding hydrogens is 228 g/mol. The van der Waals surface area contributed by atoms with Crippen LogP contribution in [0.2, 0.25) is 0 Å². The maximum Gasteiger partial charge on any atom is -0.00957 e. The fourth-order valence-corrected chi connectivity index (χ4v) is 4.62. The van der Waals surface area contributed by atoms with E-state index in [-0.39, 0.29) is 0 Å². The number of benzene rings is 2. The number of hydrogen-bond acceptors (Lipinski definition) is 0. The van der Waals surface area contributed by atoms with Gasteiger partial charge < -0.3 is 0 Å². The zero-order chi connectivity index (χ0) is 12.9. The van der Waals surface area contributed by atoms with Crippen LogP contribution in [0.4, 0.5) is 0 Å². The highest BCUT2D eigenvalue weighted by molar-refractivity contribution is 5.45. The molecule has 4 rings (SSSR count). The van der Waals surface area contributed by atoms with Crippen molar-refractivity contribution in [3.63, 3.8) is 0 Å². The molecule has 0 saturated heterocycles. The molecular formula is C19H20. The van der Waals surface area contributed by atoms with Crippen molar-refractivity contribution in [2.45, 2.75) is 38.5 Å². The number of fused-ring (bicyclic) bond motifs is 2. The van der Waals surface area contributed by atoms with Gasteiger partial charge in [-0.05, 0) is 59.3 Å². The third-order valence-corrected chi connectivity index (χ3v) is 5.32. The average molecular weight is 248 g/mol. The molecule has 0 bridgehead atoms. The normalized spacial score (nSPS) is 22.5. The molecule has 1 atom stereocenters. The second-order valence-corrected chi connectivity index (χ2v) is 6.32. The van der Waals surface area contributed by atoms with Crippen LogP contribution in [0.25, 0.3) is 0 Å². The molecule has 0 amide bonds. The Bertz CT molecular complexity index is 593. The molecule has 0 aliphatic heterocycles. The summed E-state index contributed by atoms with van der Waals surface area (Å²) in [4.78, 5) is 0. The van der Waals surface area contributed by atoms with Crippen molar-refractivity contribution in [2.75, 3.05) is 0 Å². The Morgan fingerprint density at radius 1 is 0.842 bits per heavy atom. The van der Waals surface area contributed by atoms with E-state index in [0.717, 1.165) is 5.92 Å². The van der Waals surface area contributed by atoms with E-state index in [0.29, 0.717) is 5.41 Å². The molecule has 0 radical (unpaired) electrons. The fourth-order valence-electron chi connectivity index (χ4n) is 4.62. The molecule has 0 fully saturated rings. The molecule has 2 aliphatic carbocycles. The summed E-state index contributed by atoms with van der Waals surface area (Å²) < 4.78 is 0. The summed E-state index contributed by atoms with van der Waals surface area (Å²) in [6.07, 6.45) is 5.09. The van der Waals surface area contributed by atoms with E-state index in [1.54, 1.807) is 22.3 Å². The zero-order valence-corrected chi connectivity index (χ0v) is 11.5. The van der Waals surface area contributed by atoms with Gasteiger partial charge in [0.15, 0.2) is 0 Å². The Balaban J connectivity index is 1.79. The van der Waals surface area contributed by atoms with E-state index >= 15 is 0 Å². The second-order valence-electron chi connectivity index (χ2n) is 6.32. The molecule has 0 heterocycles. The number of hydrogen-bond donors (Lipinski definition) is 0. The summed E-state index contributed by atoms with van der Waals surface area (Å²) in [6.45, 7) is 2.36. The Labute approximate surface area is 115 Å². The summed E-state index contributed by atoms with van der Waals surface area (Å²) in [5.41, 5.74) is 6.88. The van der Waals surface area contributed by atoms with Crippen molar-refractivity contribution in [1.82, 2.24) is 0 Å². The SMILES string of the molecule is CCC1c2ccccc2CC12Cc1ccccc1C2. The van der Waals surface area contributed by atoms with Crippen LogP contribution in [0.5, 0.6) is 0 Å². The summed E-state index contributed by atoms with van der Waals surface area (Å²) >= 11 is 0. The van der Waals surface area contributed by atoms with Crippen molar-refractivity contribution in [3.05, 3.63) is 70.8 Å². The van der Waals surface area contributed by atoms with Gasteiger partial charge in [-0.3, -0.25) is 0 Å². The van der Waals surface area contributed by atoms with Crippen molar-refractivity contribution in [1.29, 1.82) is 0 Å². The molecule has 0 aromatic heterocycles. The van der Waals surface area contributed by atoms with Crippen LogP contribution < -0.4 is 0 Å². The van der Waals surface area contributed by atoms with E-state index < -0.39 is 0 Å². The van der Waals surface area contributed by atoms with Crippen molar-refractivity contribution in [3.8, 4) is 0 Å². The molecule has 0 nitrogen and oxygen atoms in total. The van der Waals surface area contributed by atoms with Crippen LogP contribution in [0, 0.1) is 5.41 Å². The van der Waals surface area contributed by atoms with Crippen LogP contribution in [-0.4, -0.2) is 0 Å². The highest BCUT2D eigenvalue weighted by Gasteiger charge is 2.48. The quantitative estimate of drug-likeness (QED) is 0.696. The summed E-state index contributed by atoms with van der Waals surface area (Å²) in [7, 11) is 0. The van der Waals surface area contributed by atoms with Gasteiger partial charge in [0, 0.05) is 0 Å². The Morgan fingerprint density at radius 3 is 2.00 bits per heavy atom. The van der Waals surface area contributed by atoms with Crippen molar-refractivity contribution in [2.24, 2.45) is 5.41 Å². The monoisotopic (exact) mass is 248 g/mol. The molecule has 19 heavy (non-hydrogen) atoms. The van der Waals surface area contributed by atoms with Crippen LogP contribution in [0.1, 0.15) is 41.5 Å². The minimum Gasteiger partial charge on any atom is -0.0648 e. The van der Waals surface area contributed by atoms with Gasteiger partial charge in [-0.2, -0.15) is 0 Å². The van der Waals surface area contributed by atoms with Crippen LogP contribution in [-0.2, 0) is 19.3 Å². The largest absolute Gasteiger partial charge is 0.0648 e. The highest BCUT2D eigenvalue weighted by Crippen LogP contribution is 2.55. The Morgan fingerprint density at radius 2 is 1.37 bits per heavy atom. The van der Waals surface area contributed by atoms with Gasteiger partial charge in [-0.15, -0.1) is 0 Å². The Kier molecular flexibility index (Phi) is 2.35. The van der Waals surface area contributed by atoms with Gasteiger partial charge in [-0.1, -0.05) is 55.5 Å². The average Bonchev–Trinajstić information content (AvgIpc) is 2.94. The van der Waals surface area contributed by atoms with E-state index in [2.05, 4.69) is 55.5 Å². The first-order valence-corrected chi connectivity index (χ1v) is 7.47. The lowest BCUT2D eigenvalue weighted by molar-refractivity contribution is 0.254. The maximum atomic E-state index is 2.36. The van der Waals surface area contributed by atoms with Crippen molar-refractivity contribution < 1.29 is 0 Å². The van der Waals surface area contributed by atoms with Gasteiger partial charge in [-0.25, -0.2) is 0 Å². The lowest BCUT2D eigenvalue weighted by atomic mass is 9.72. The molecule has 1 spiro atoms. The second kappa shape index (κ2) is 3.96. The zero-order valence-electron chi connectivity index (χ0n) is 11.5. The molecule has 2 aliphatic rings. The first-order valence-electron chi connectivity index (χ1n) is 7.47. The minimum absolute atomic E-state index is 0.474. The predicted octanol–water partition coefficient (Wildman–Crippen LogP) is 4.52. The van der Waals surface area contributed by atoms with Gasteiger partial charge >= 0.3 is 0 Å². The molecule has 0 N–H and O–H groups in total. The lowest BCUT2D eigenvalue weighted by Crippen LogP contribution is -2.26. The van der Waals surface area contributed by atoms with Crippen molar-refractivity contribution >= 4 is 0 Å². The van der Waals surface area contributed by atoms with E-state index in [9.17, 15) is 0 Å². The smallest absolute Gasteiger partial charge is 0.00957 e. The van der Waals surface area contributed by atoms with Gasteiger partial charge in [0.1, 0.15) is 0 Å². The molecule has 96 valence electrons. The topological polar surface area (TPSA) is 0 Å². The third kappa shape index (κ3) is 1.52. The Hall–Kier alpha value is -1.56. The summed E-state index contributed by atoms with van der Waals surface area (Å²) in [5, 5.41) is 0. The molecule has 2 aromatic rings. The molecule has 0 heteroatoms. The molecule has 2 aromatic carbocycles.